The van der Waals surface area contributed by atoms with Gasteiger partial charge in [0.25, 0.3) is 5.91 Å². The van der Waals surface area contributed by atoms with Gasteiger partial charge in [-0.25, -0.2) is 0 Å². The van der Waals surface area contributed by atoms with E-state index in [1.165, 1.54) is 6.07 Å². The van der Waals surface area contributed by atoms with E-state index in [4.69, 9.17) is 11.5 Å². The van der Waals surface area contributed by atoms with E-state index in [2.05, 4.69) is 5.32 Å². The molecule has 92 valence electrons. The Morgan fingerprint density at radius 1 is 1.29 bits per heavy atom. The van der Waals surface area contributed by atoms with Crippen molar-refractivity contribution in [3.63, 3.8) is 0 Å². The Kier molecular flexibility index (Phi) is 3.85. The smallest absolute Gasteiger partial charge is 0.251 e. The van der Waals surface area contributed by atoms with Gasteiger partial charge in [-0.05, 0) is 32.0 Å². The maximum atomic E-state index is 11.9. The average Bonchev–Trinajstić information content (AvgIpc) is 2.28. The van der Waals surface area contributed by atoms with Crippen molar-refractivity contribution in [1.29, 1.82) is 0 Å². The molecule has 0 aliphatic carbocycles. The molecule has 5 N–H and O–H groups in total. The zero-order valence-electron chi connectivity index (χ0n) is 9.99. The summed E-state index contributed by atoms with van der Waals surface area (Å²) in [5.74, 6) is -0.832. The fourth-order valence-electron chi connectivity index (χ4n) is 1.24. The SMILES string of the molecule is CC(C)(CN)NC(=O)c1cccc(C(N)=O)c1. The van der Waals surface area contributed by atoms with Crippen molar-refractivity contribution in [1.82, 2.24) is 5.32 Å². The number of nitrogens with one attached hydrogen (secondary N) is 1. The van der Waals surface area contributed by atoms with E-state index in [0.29, 0.717) is 17.7 Å². The highest BCUT2D eigenvalue weighted by Crippen LogP contribution is 2.07. The van der Waals surface area contributed by atoms with E-state index >= 15 is 0 Å². The third kappa shape index (κ3) is 3.57. The number of carbonyl (C=O) groups excluding carboxylic acids is 2. The van der Waals surface area contributed by atoms with Gasteiger partial charge in [0.2, 0.25) is 5.91 Å². The minimum Gasteiger partial charge on any atom is -0.366 e. The fourth-order valence-corrected chi connectivity index (χ4v) is 1.24. The number of hydrogen-bond donors (Lipinski definition) is 3. The van der Waals surface area contributed by atoms with Crippen molar-refractivity contribution in [3.05, 3.63) is 35.4 Å². The van der Waals surface area contributed by atoms with Gasteiger partial charge in [0.15, 0.2) is 0 Å². The van der Waals surface area contributed by atoms with Crippen LogP contribution in [0.3, 0.4) is 0 Å². The standard InChI is InChI=1S/C12H17N3O2/c1-12(2,7-13)15-11(17)9-5-3-4-8(6-9)10(14)16/h3-6H,7,13H2,1-2H3,(H2,14,16)(H,15,17). The molecule has 0 saturated carbocycles. The Hall–Kier alpha value is -1.88. The normalized spacial score (nSPS) is 11.0. The maximum Gasteiger partial charge on any atom is 0.251 e. The van der Waals surface area contributed by atoms with Crippen molar-refractivity contribution in [3.8, 4) is 0 Å². The van der Waals surface area contributed by atoms with E-state index < -0.39 is 11.4 Å². The monoisotopic (exact) mass is 235 g/mol. The van der Waals surface area contributed by atoms with Crippen molar-refractivity contribution in [2.24, 2.45) is 11.5 Å². The van der Waals surface area contributed by atoms with Gasteiger partial charge in [0.05, 0.1) is 0 Å². The molecule has 2 amide bonds. The highest BCUT2D eigenvalue weighted by molar-refractivity contribution is 5.99. The molecule has 5 heteroatoms. The molecule has 0 spiro atoms. The predicted molar refractivity (Wildman–Crippen MR) is 65.6 cm³/mol. The summed E-state index contributed by atoms with van der Waals surface area (Å²) in [4.78, 5) is 22.9. The minimum atomic E-state index is -0.558. The first-order valence-electron chi connectivity index (χ1n) is 5.28. The molecule has 0 unspecified atom stereocenters. The van der Waals surface area contributed by atoms with E-state index in [-0.39, 0.29) is 5.91 Å². The van der Waals surface area contributed by atoms with E-state index in [1.54, 1.807) is 18.2 Å². The van der Waals surface area contributed by atoms with Crippen LogP contribution < -0.4 is 16.8 Å². The lowest BCUT2D eigenvalue weighted by Crippen LogP contribution is -2.48. The summed E-state index contributed by atoms with van der Waals surface area (Å²) in [6, 6.07) is 6.26. The summed E-state index contributed by atoms with van der Waals surface area (Å²) in [6.45, 7) is 3.97. The highest BCUT2D eigenvalue weighted by Gasteiger charge is 2.19. The summed E-state index contributed by atoms with van der Waals surface area (Å²) in [7, 11) is 0. The lowest BCUT2D eigenvalue weighted by Gasteiger charge is -2.24. The lowest BCUT2D eigenvalue weighted by atomic mass is 10.0. The Morgan fingerprint density at radius 3 is 2.41 bits per heavy atom. The molecule has 5 nitrogen and oxygen atoms in total. The topological polar surface area (TPSA) is 98.2 Å². The molecule has 0 heterocycles. The number of carbonyl (C=O) groups is 2. The highest BCUT2D eigenvalue weighted by atomic mass is 16.2. The van der Waals surface area contributed by atoms with E-state index in [0.717, 1.165) is 0 Å². The molecule has 0 atom stereocenters. The average molecular weight is 235 g/mol. The Balaban J connectivity index is 2.90. The van der Waals surface area contributed by atoms with Crippen LogP contribution in [-0.4, -0.2) is 23.9 Å². The third-order valence-electron chi connectivity index (χ3n) is 2.37. The molecule has 0 bridgehead atoms. The summed E-state index contributed by atoms with van der Waals surface area (Å²) in [5.41, 5.74) is 10.9. The van der Waals surface area contributed by atoms with Crippen LogP contribution in [0.1, 0.15) is 34.6 Å². The molecule has 0 aliphatic heterocycles. The second kappa shape index (κ2) is 4.97. The number of nitrogens with two attached hydrogens (primary N) is 2. The molecule has 0 saturated heterocycles. The van der Waals surface area contributed by atoms with Crippen LogP contribution in [0, 0.1) is 0 Å². The summed E-state index contributed by atoms with van der Waals surface area (Å²) in [5, 5.41) is 2.77. The van der Waals surface area contributed by atoms with Gasteiger partial charge >= 0.3 is 0 Å². The van der Waals surface area contributed by atoms with Crippen LogP contribution in [0.15, 0.2) is 24.3 Å². The van der Waals surface area contributed by atoms with Crippen molar-refractivity contribution in [2.45, 2.75) is 19.4 Å². The Bertz CT molecular complexity index is 441. The number of amides is 2. The first-order chi connectivity index (χ1) is 7.85. The van der Waals surface area contributed by atoms with Gasteiger partial charge in [-0.3, -0.25) is 9.59 Å². The number of benzene rings is 1. The van der Waals surface area contributed by atoms with Gasteiger partial charge in [-0.2, -0.15) is 0 Å². The van der Waals surface area contributed by atoms with Crippen molar-refractivity contribution >= 4 is 11.8 Å². The second-order valence-electron chi connectivity index (χ2n) is 4.49. The van der Waals surface area contributed by atoms with Crippen LogP contribution in [0.5, 0.6) is 0 Å². The van der Waals surface area contributed by atoms with Gasteiger partial charge in [-0.1, -0.05) is 6.07 Å². The molecule has 0 radical (unpaired) electrons. The number of primary amides is 1. The summed E-state index contributed by atoms with van der Waals surface area (Å²) < 4.78 is 0. The minimum absolute atomic E-state index is 0.274. The van der Waals surface area contributed by atoms with Crippen molar-refractivity contribution in [2.75, 3.05) is 6.54 Å². The molecule has 1 aromatic carbocycles. The van der Waals surface area contributed by atoms with Crippen LogP contribution in [-0.2, 0) is 0 Å². The molecule has 17 heavy (non-hydrogen) atoms. The van der Waals surface area contributed by atoms with Crippen LogP contribution in [0.25, 0.3) is 0 Å². The third-order valence-corrected chi connectivity index (χ3v) is 2.37. The molecular weight excluding hydrogens is 218 g/mol. The Morgan fingerprint density at radius 2 is 1.88 bits per heavy atom. The molecular formula is C12H17N3O2. The van der Waals surface area contributed by atoms with Gasteiger partial charge < -0.3 is 16.8 Å². The number of hydrogen-bond acceptors (Lipinski definition) is 3. The quantitative estimate of drug-likeness (QED) is 0.697. The molecule has 0 aliphatic rings. The molecule has 0 fully saturated rings. The van der Waals surface area contributed by atoms with E-state index in [1.807, 2.05) is 13.8 Å². The van der Waals surface area contributed by atoms with Crippen LogP contribution in [0.2, 0.25) is 0 Å². The number of rotatable bonds is 4. The van der Waals surface area contributed by atoms with Crippen LogP contribution in [0.4, 0.5) is 0 Å². The zero-order valence-corrected chi connectivity index (χ0v) is 9.99. The van der Waals surface area contributed by atoms with Gasteiger partial charge in [0, 0.05) is 23.2 Å². The molecule has 1 rings (SSSR count). The fraction of sp³-hybridized carbons (Fsp3) is 0.333. The second-order valence-corrected chi connectivity index (χ2v) is 4.49. The van der Waals surface area contributed by atoms with Crippen LogP contribution >= 0.6 is 0 Å². The first-order valence-corrected chi connectivity index (χ1v) is 5.28. The summed E-state index contributed by atoms with van der Waals surface area (Å²) >= 11 is 0. The molecule has 1 aromatic rings. The van der Waals surface area contributed by atoms with E-state index in [9.17, 15) is 9.59 Å². The van der Waals surface area contributed by atoms with Gasteiger partial charge in [0.1, 0.15) is 0 Å². The largest absolute Gasteiger partial charge is 0.366 e. The zero-order chi connectivity index (χ0) is 13.1. The lowest BCUT2D eigenvalue weighted by molar-refractivity contribution is 0.0915. The van der Waals surface area contributed by atoms with Crippen molar-refractivity contribution < 1.29 is 9.59 Å². The first kappa shape index (κ1) is 13.2. The predicted octanol–water partition coefficient (Wildman–Crippen LogP) is 0.253. The van der Waals surface area contributed by atoms with Gasteiger partial charge in [-0.15, -0.1) is 0 Å². The maximum absolute atomic E-state index is 11.9. The Labute approximate surface area is 100 Å². The molecule has 0 aromatic heterocycles. The summed E-state index contributed by atoms with van der Waals surface area (Å²) in [6.07, 6.45) is 0.